The fraction of sp³-hybridized carbons (Fsp3) is 0.167. The summed E-state index contributed by atoms with van der Waals surface area (Å²) in [5.74, 6) is 0.512. The van der Waals surface area contributed by atoms with Crippen molar-refractivity contribution in [1.82, 2.24) is 9.97 Å². The molecule has 3 N–H and O–H groups in total. The molecule has 0 aliphatic rings. The van der Waals surface area contributed by atoms with Crippen LogP contribution in [-0.4, -0.2) is 30.0 Å². The summed E-state index contributed by atoms with van der Waals surface area (Å²) in [6.07, 6.45) is 0. The Morgan fingerprint density at radius 3 is 2.72 bits per heavy atom. The molecule has 0 fully saturated rings. The molecule has 0 bridgehead atoms. The maximum atomic E-state index is 6.04. The average Bonchev–Trinajstić information content (AvgIpc) is 2.54. The quantitative estimate of drug-likeness (QED) is 0.553. The molecule has 0 spiro atoms. The highest BCUT2D eigenvalue weighted by Gasteiger charge is 2.06. The lowest BCUT2D eigenvalue weighted by molar-refractivity contribution is 1.12. The van der Waals surface area contributed by atoms with Crippen LogP contribution in [0, 0.1) is 6.92 Å². The monoisotopic (exact) mass is 354 g/mol. The van der Waals surface area contributed by atoms with Crippen molar-refractivity contribution < 1.29 is 0 Å². The topological polar surface area (TPSA) is 79.4 Å². The van der Waals surface area contributed by atoms with Gasteiger partial charge in [0.25, 0.3) is 5.95 Å². The van der Waals surface area contributed by atoms with Gasteiger partial charge >= 0.3 is 0 Å². The van der Waals surface area contributed by atoms with Gasteiger partial charge in [0.15, 0.2) is 0 Å². The van der Waals surface area contributed by atoms with E-state index in [9.17, 15) is 0 Å². The van der Waals surface area contributed by atoms with Crippen LogP contribution in [0.1, 0.15) is 5.69 Å². The highest BCUT2D eigenvalue weighted by Crippen LogP contribution is 2.22. The molecule has 0 amide bonds. The number of halogens is 1. The standard InChI is InChI=1S/C18H19ClN6/c1-11-15-8-7-12(19)9-16(15)23-18(21-11)24-17(20)22-13-5-4-6-14(10-13)25(2)3/h4-10H,1-3H3,(H3,20,21,22,23,24). The number of nitrogens with zero attached hydrogens (tertiary/aromatic N) is 4. The van der Waals surface area contributed by atoms with E-state index in [1.165, 1.54) is 0 Å². The summed E-state index contributed by atoms with van der Waals surface area (Å²) >= 11 is 6.04. The summed E-state index contributed by atoms with van der Waals surface area (Å²) in [5, 5.41) is 4.62. The number of nitrogens with two attached hydrogens (primary N) is 1. The highest BCUT2D eigenvalue weighted by atomic mass is 35.5. The van der Waals surface area contributed by atoms with E-state index in [4.69, 9.17) is 17.3 Å². The Hall–Kier alpha value is -2.86. The number of hydrogen-bond donors (Lipinski definition) is 2. The molecule has 0 saturated carbocycles. The molecule has 0 aliphatic carbocycles. The molecule has 0 saturated heterocycles. The average molecular weight is 355 g/mol. The molecule has 0 radical (unpaired) electrons. The zero-order valence-electron chi connectivity index (χ0n) is 14.3. The number of guanidine groups is 1. The minimum atomic E-state index is 0.219. The van der Waals surface area contributed by atoms with Crippen LogP contribution >= 0.6 is 11.6 Å². The normalized spacial score (nSPS) is 11.6. The van der Waals surface area contributed by atoms with Crippen molar-refractivity contribution in [1.29, 1.82) is 0 Å². The minimum absolute atomic E-state index is 0.219. The van der Waals surface area contributed by atoms with E-state index in [0.717, 1.165) is 28.0 Å². The van der Waals surface area contributed by atoms with Gasteiger partial charge in [-0.1, -0.05) is 17.7 Å². The maximum Gasteiger partial charge on any atom is 0.253 e. The van der Waals surface area contributed by atoms with E-state index >= 15 is 0 Å². The lowest BCUT2D eigenvalue weighted by atomic mass is 10.2. The van der Waals surface area contributed by atoms with E-state index in [1.54, 1.807) is 6.07 Å². The van der Waals surface area contributed by atoms with Crippen molar-refractivity contribution >= 4 is 45.8 Å². The Bertz CT molecular complexity index is 951. The number of rotatable bonds is 3. The third-order valence-corrected chi connectivity index (χ3v) is 3.93. The second-order valence-electron chi connectivity index (χ2n) is 5.84. The predicted molar refractivity (Wildman–Crippen MR) is 105 cm³/mol. The molecule has 3 aromatic rings. The molecule has 1 heterocycles. The van der Waals surface area contributed by atoms with Crippen molar-refractivity contribution in [2.75, 3.05) is 24.3 Å². The largest absolute Gasteiger partial charge is 0.378 e. The van der Waals surface area contributed by atoms with Crippen molar-refractivity contribution in [2.45, 2.75) is 6.92 Å². The van der Waals surface area contributed by atoms with Gasteiger partial charge in [-0.15, -0.1) is 0 Å². The fourth-order valence-electron chi connectivity index (χ4n) is 2.44. The van der Waals surface area contributed by atoms with Gasteiger partial charge in [-0.05, 0) is 43.3 Å². The van der Waals surface area contributed by atoms with Crippen LogP contribution in [0.4, 0.5) is 17.3 Å². The van der Waals surface area contributed by atoms with E-state index < -0.39 is 0 Å². The molecular weight excluding hydrogens is 336 g/mol. The van der Waals surface area contributed by atoms with E-state index in [-0.39, 0.29) is 5.96 Å². The molecule has 25 heavy (non-hydrogen) atoms. The van der Waals surface area contributed by atoms with E-state index in [1.807, 2.05) is 62.3 Å². The maximum absolute atomic E-state index is 6.04. The summed E-state index contributed by atoms with van der Waals surface area (Å²) in [6, 6.07) is 13.4. The summed E-state index contributed by atoms with van der Waals surface area (Å²) in [5.41, 5.74) is 9.47. The second-order valence-corrected chi connectivity index (χ2v) is 6.27. The summed E-state index contributed by atoms with van der Waals surface area (Å²) in [7, 11) is 3.96. The van der Waals surface area contributed by atoms with E-state index in [2.05, 4.69) is 20.3 Å². The summed E-state index contributed by atoms with van der Waals surface area (Å²) in [4.78, 5) is 15.1. The van der Waals surface area contributed by atoms with Gasteiger partial charge in [-0.3, -0.25) is 0 Å². The number of hydrogen-bond acceptors (Lipinski definition) is 4. The Labute approximate surface area is 151 Å². The van der Waals surface area contributed by atoms with Crippen LogP contribution in [-0.2, 0) is 0 Å². The van der Waals surface area contributed by atoms with Gasteiger partial charge < -0.3 is 16.0 Å². The number of benzene rings is 2. The fourth-order valence-corrected chi connectivity index (χ4v) is 2.61. The number of aliphatic imine (C=N–C) groups is 1. The second kappa shape index (κ2) is 6.94. The van der Waals surface area contributed by atoms with Gasteiger partial charge in [-0.25, -0.2) is 9.97 Å². The molecule has 3 rings (SSSR count). The van der Waals surface area contributed by atoms with E-state index in [0.29, 0.717) is 11.0 Å². The number of aryl methyl sites for hydroxylation is 1. The molecule has 1 aromatic heterocycles. The lowest BCUT2D eigenvalue weighted by Crippen LogP contribution is -2.22. The molecule has 2 aromatic carbocycles. The minimum Gasteiger partial charge on any atom is -0.378 e. The van der Waals surface area contributed by atoms with Crippen LogP contribution < -0.4 is 16.0 Å². The predicted octanol–water partition coefficient (Wildman–Crippen LogP) is 3.72. The molecule has 0 unspecified atom stereocenters. The number of fused-ring (bicyclic) bond motifs is 1. The molecule has 128 valence electrons. The smallest absolute Gasteiger partial charge is 0.253 e. The Morgan fingerprint density at radius 1 is 1.16 bits per heavy atom. The Morgan fingerprint density at radius 2 is 1.96 bits per heavy atom. The van der Waals surface area contributed by atoms with Crippen molar-refractivity contribution in [3.8, 4) is 0 Å². The van der Waals surface area contributed by atoms with Crippen molar-refractivity contribution in [2.24, 2.45) is 10.7 Å². The van der Waals surface area contributed by atoms with Gasteiger partial charge in [-0.2, -0.15) is 4.99 Å². The van der Waals surface area contributed by atoms with Crippen LogP contribution in [0.15, 0.2) is 47.5 Å². The van der Waals surface area contributed by atoms with Gasteiger partial charge in [0.2, 0.25) is 5.96 Å². The molecule has 7 heteroatoms. The third-order valence-electron chi connectivity index (χ3n) is 3.69. The van der Waals surface area contributed by atoms with Crippen LogP contribution in [0.5, 0.6) is 0 Å². The third kappa shape index (κ3) is 3.97. The van der Waals surface area contributed by atoms with Gasteiger partial charge in [0.1, 0.15) is 0 Å². The van der Waals surface area contributed by atoms with Crippen molar-refractivity contribution in [3.63, 3.8) is 0 Å². The molecule has 0 aliphatic heterocycles. The SMILES string of the molecule is Cc1nc(N=C(N)Nc2cccc(N(C)C)c2)nc2cc(Cl)ccc12. The molecule has 0 atom stereocenters. The van der Waals surface area contributed by atoms with Gasteiger partial charge in [0.05, 0.1) is 11.2 Å². The summed E-state index contributed by atoms with van der Waals surface area (Å²) < 4.78 is 0. The lowest BCUT2D eigenvalue weighted by Gasteiger charge is -2.14. The zero-order valence-corrected chi connectivity index (χ0v) is 15.0. The molecule has 6 nitrogen and oxygen atoms in total. The van der Waals surface area contributed by atoms with Crippen LogP contribution in [0.2, 0.25) is 5.02 Å². The zero-order chi connectivity index (χ0) is 18.0. The Kier molecular flexibility index (Phi) is 4.72. The first kappa shape index (κ1) is 17.0. The summed E-state index contributed by atoms with van der Waals surface area (Å²) in [6.45, 7) is 1.90. The molecular formula is C18H19ClN6. The van der Waals surface area contributed by atoms with Crippen LogP contribution in [0.3, 0.4) is 0 Å². The number of anilines is 2. The first-order chi connectivity index (χ1) is 11.9. The highest BCUT2D eigenvalue weighted by molar-refractivity contribution is 6.31. The van der Waals surface area contributed by atoms with Gasteiger partial charge in [0, 0.05) is 35.9 Å². The number of aromatic nitrogens is 2. The first-order valence-corrected chi connectivity index (χ1v) is 8.12. The first-order valence-electron chi connectivity index (χ1n) is 7.75. The van der Waals surface area contributed by atoms with Crippen LogP contribution in [0.25, 0.3) is 10.9 Å². The van der Waals surface area contributed by atoms with Crippen molar-refractivity contribution in [3.05, 3.63) is 53.2 Å². The number of nitrogens with one attached hydrogen (secondary N) is 1. The Balaban J connectivity index is 1.89.